The van der Waals surface area contributed by atoms with Crippen molar-refractivity contribution < 1.29 is 9.53 Å². The summed E-state index contributed by atoms with van der Waals surface area (Å²) in [5, 5.41) is 0. The zero-order chi connectivity index (χ0) is 13.1. The van der Waals surface area contributed by atoms with E-state index < -0.39 is 5.41 Å². The van der Waals surface area contributed by atoms with Gasteiger partial charge in [-0.3, -0.25) is 4.79 Å². The molecule has 1 atom stereocenters. The van der Waals surface area contributed by atoms with Crippen molar-refractivity contribution in [1.29, 1.82) is 0 Å². The Bertz CT molecular complexity index is 409. The highest BCUT2D eigenvalue weighted by Gasteiger charge is 2.31. The Hall–Kier alpha value is -1.35. The van der Waals surface area contributed by atoms with Crippen LogP contribution >= 0.6 is 0 Å². The molecule has 0 spiro atoms. The number of methoxy groups -OCH3 is 1. The smallest absolute Gasteiger partial charge is 0.170 e. The van der Waals surface area contributed by atoms with E-state index in [1.165, 1.54) is 0 Å². The van der Waals surface area contributed by atoms with Gasteiger partial charge in [0.05, 0.1) is 7.11 Å². The lowest BCUT2D eigenvalue weighted by atomic mass is 9.79. The molecule has 3 nitrogen and oxygen atoms in total. The molecule has 0 aromatic heterocycles. The van der Waals surface area contributed by atoms with E-state index in [0.29, 0.717) is 6.54 Å². The highest BCUT2D eigenvalue weighted by molar-refractivity contribution is 6.01. The average molecular weight is 235 g/mol. The van der Waals surface area contributed by atoms with Gasteiger partial charge in [0, 0.05) is 17.5 Å². The third-order valence-electron chi connectivity index (χ3n) is 3.46. The van der Waals surface area contributed by atoms with Crippen LogP contribution < -0.4 is 10.5 Å². The maximum atomic E-state index is 12.4. The van der Waals surface area contributed by atoms with Crippen molar-refractivity contribution in [3.63, 3.8) is 0 Å². The molecule has 0 heterocycles. The average Bonchev–Trinajstić information content (AvgIpc) is 2.36. The Kier molecular flexibility index (Phi) is 4.29. The summed E-state index contributed by atoms with van der Waals surface area (Å²) in [6, 6.07) is 5.51. The molecule has 1 aromatic rings. The highest BCUT2D eigenvalue weighted by atomic mass is 16.5. The first kappa shape index (κ1) is 13.7. The molecule has 0 aliphatic carbocycles. The fraction of sp³-hybridized carbons (Fsp3) is 0.500. The Morgan fingerprint density at radius 2 is 2.12 bits per heavy atom. The van der Waals surface area contributed by atoms with Gasteiger partial charge in [-0.1, -0.05) is 13.8 Å². The Balaban J connectivity index is 3.13. The molecule has 2 N–H and O–H groups in total. The minimum atomic E-state index is -0.473. The summed E-state index contributed by atoms with van der Waals surface area (Å²) in [5.41, 5.74) is 6.91. The number of hydrogen-bond acceptors (Lipinski definition) is 3. The summed E-state index contributed by atoms with van der Waals surface area (Å²) < 4.78 is 5.13. The second-order valence-corrected chi connectivity index (χ2v) is 4.63. The van der Waals surface area contributed by atoms with E-state index in [-0.39, 0.29) is 5.78 Å². The van der Waals surface area contributed by atoms with Gasteiger partial charge in [0.25, 0.3) is 0 Å². The lowest BCUT2D eigenvalue weighted by Gasteiger charge is -2.25. The molecule has 0 bridgehead atoms. The standard InChI is InChI=1S/C14H21NO2/c1-5-14(3,9-15)13(16)12-7-6-11(17-4)8-10(12)2/h6-8H,5,9,15H2,1-4H3. The van der Waals surface area contributed by atoms with Gasteiger partial charge < -0.3 is 10.5 Å². The number of benzene rings is 1. The van der Waals surface area contributed by atoms with Crippen LogP contribution in [0.2, 0.25) is 0 Å². The third-order valence-corrected chi connectivity index (χ3v) is 3.46. The second kappa shape index (κ2) is 5.32. The summed E-state index contributed by atoms with van der Waals surface area (Å²) in [5.74, 6) is 0.882. The first-order chi connectivity index (χ1) is 7.98. The van der Waals surface area contributed by atoms with E-state index in [0.717, 1.165) is 23.3 Å². The van der Waals surface area contributed by atoms with Gasteiger partial charge in [0.15, 0.2) is 5.78 Å². The Morgan fingerprint density at radius 3 is 2.53 bits per heavy atom. The van der Waals surface area contributed by atoms with Crippen LogP contribution in [0.5, 0.6) is 5.75 Å². The van der Waals surface area contributed by atoms with Crippen LogP contribution in [-0.2, 0) is 0 Å². The van der Waals surface area contributed by atoms with Gasteiger partial charge in [0.1, 0.15) is 5.75 Å². The number of hydrogen-bond donors (Lipinski definition) is 1. The molecule has 0 aliphatic rings. The van der Waals surface area contributed by atoms with Crippen molar-refractivity contribution in [2.24, 2.45) is 11.1 Å². The SMILES string of the molecule is CCC(C)(CN)C(=O)c1ccc(OC)cc1C. The van der Waals surface area contributed by atoms with Crippen LogP contribution in [0, 0.1) is 12.3 Å². The van der Waals surface area contributed by atoms with Crippen LogP contribution in [0.4, 0.5) is 0 Å². The molecule has 1 aromatic carbocycles. The van der Waals surface area contributed by atoms with Gasteiger partial charge in [-0.2, -0.15) is 0 Å². The molecule has 0 saturated heterocycles. The zero-order valence-corrected chi connectivity index (χ0v) is 11.0. The fourth-order valence-electron chi connectivity index (χ4n) is 1.74. The number of Topliss-reactive ketones (excluding diaryl/α,β-unsaturated/α-hetero) is 1. The van der Waals surface area contributed by atoms with E-state index in [2.05, 4.69) is 0 Å². The quantitative estimate of drug-likeness (QED) is 0.798. The van der Waals surface area contributed by atoms with Gasteiger partial charge in [0.2, 0.25) is 0 Å². The van der Waals surface area contributed by atoms with Gasteiger partial charge >= 0.3 is 0 Å². The van der Waals surface area contributed by atoms with E-state index in [9.17, 15) is 4.79 Å². The Labute approximate surface area is 103 Å². The van der Waals surface area contributed by atoms with Gasteiger partial charge in [-0.25, -0.2) is 0 Å². The van der Waals surface area contributed by atoms with Crippen molar-refractivity contribution in [1.82, 2.24) is 0 Å². The summed E-state index contributed by atoms with van der Waals surface area (Å²) in [7, 11) is 1.62. The highest BCUT2D eigenvalue weighted by Crippen LogP contribution is 2.28. The minimum Gasteiger partial charge on any atom is -0.497 e. The fourth-order valence-corrected chi connectivity index (χ4v) is 1.74. The number of carbonyl (C=O) groups is 1. The molecule has 0 fully saturated rings. The molecule has 17 heavy (non-hydrogen) atoms. The molecule has 0 amide bonds. The summed E-state index contributed by atoms with van der Waals surface area (Å²) in [4.78, 5) is 12.4. The van der Waals surface area contributed by atoms with Crippen LogP contribution in [0.1, 0.15) is 36.2 Å². The molecule has 0 radical (unpaired) electrons. The predicted octanol–water partition coefficient (Wildman–Crippen LogP) is 2.56. The summed E-state index contributed by atoms with van der Waals surface area (Å²) >= 11 is 0. The number of carbonyl (C=O) groups excluding carboxylic acids is 1. The number of ketones is 1. The van der Waals surface area contributed by atoms with E-state index in [1.54, 1.807) is 7.11 Å². The minimum absolute atomic E-state index is 0.114. The van der Waals surface area contributed by atoms with Crippen molar-refractivity contribution in [2.45, 2.75) is 27.2 Å². The molecule has 0 saturated carbocycles. The number of nitrogens with two attached hydrogens (primary N) is 1. The van der Waals surface area contributed by atoms with Crippen LogP contribution in [0.25, 0.3) is 0 Å². The zero-order valence-electron chi connectivity index (χ0n) is 11.0. The molecule has 1 unspecified atom stereocenters. The Morgan fingerprint density at radius 1 is 1.47 bits per heavy atom. The van der Waals surface area contributed by atoms with Crippen molar-refractivity contribution in [3.8, 4) is 5.75 Å². The van der Waals surface area contributed by atoms with Gasteiger partial charge in [-0.15, -0.1) is 0 Å². The normalized spacial score (nSPS) is 14.2. The summed E-state index contributed by atoms with van der Waals surface area (Å²) in [6.07, 6.45) is 0.744. The number of ether oxygens (including phenoxy) is 1. The lowest BCUT2D eigenvalue weighted by Crippen LogP contribution is -2.35. The number of rotatable bonds is 5. The molecule has 3 heteroatoms. The predicted molar refractivity (Wildman–Crippen MR) is 69.5 cm³/mol. The lowest BCUT2D eigenvalue weighted by molar-refractivity contribution is 0.0819. The number of aryl methyl sites for hydroxylation is 1. The van der Waals surface area contributed by atoms with E-state index >= 15 is 0 Å². The maximum Gasteiger partial charge on any atom is 0.170 e. The molecule has 1 rings (SSSR count). The molecule has 0 aliphatic heterocycles. The van der Waals surface area contributed by atoms with E-state index in [1.807, 2.05) is 39.0 Å². The second-order valence-electron chi connectivity index (χ2n) is 4.63. The van der Waals surface area contributed by atoms with Crippen molar-refractivity contribution in [3.05, 3.63) is 29.3 Å². The molecular formula is C14H21NO2. The maximum absolute atomic E-state index is 12.4. The van der Waals surface area contributed by atoms with E-state index in [4.69, 9.17) is 10.5 Å². The van der Waals surface area contributed by atoms with Crippen LogP contribution in [0.15, 0.2) is 18.2 Å². The van der Waals surface area contributed by atoms with Crippen molar-refractivity contribution >= 4 is 5.78 Å². The van der Waals surface area contributed by atoms with Crippen LogP contribution in [0.3, 0.4) is 0 Å². The van der Waals surface area contributed by atoms with Crippen LogP contribution in [-0.4, -0.2) is 19.4 Å². The molecule has 94 valence electrons. The van der Waals surface area contributed by atoms with Crippen molar-refractivity contribution in [2.75, 3.05) is 13.7 Å². The molecular weight excluding hydrogens is 214 g/mol. The first-order valence-electron chi connectivity index (χ1n) is 5.88. The van der Waals surface area contributed by atoms with Gasteiger partial charge in [-0.05, 0) is 37.1 Å². The topological polar surface area (TPSA) is 52.3 Å². The third kappa shape index (κ3) is 2.67. The largest absolute Gasteiger partial charge is 0.497 e. The first-order valence-corrected chi connectivity index (χ1v) is 5.88. The monoisotopic (exact) mass is 235 g/mol. The summed E-state index contributed by atoms with van der Waals surface area (Å²) in [6.45, 7) is 6.19.